The zero-order valence-corrected chi connectivity index (χ0v) is 20.8. The Bertz CT molecular complexity index is 785. The number of rotatable bonds is 8. The molecule has 4 fully saturated rings. The number of hydrogen-bond acceptors (Lipinski definition) is 6. The summed E-state index contributed by atoms with van der Waals surface area (Å²) >= 11 is 0. The Kier molecular flexibility index (Phi) is 7.08. The van der Waals surface area contributed by atoms with Gasteiger partial charge < -0.3 is 15.4 Å². The number of nitrogens with zero attached hydrogens (tertiary/aromatic N) is 3. The molecule has 8 atom stereocenters. The van der Waals surface area contributed by atoms with Gasteiger partial charge in [0.1, 0.15) is 12.1 Å². The summed E-state index contributed by atoms with van der Waals surface area (Å²) in [5.74, 6) is 1.58. The van der Waals surface area contributed by atoms with Crippen molar-refractivity contribution in [3.8, 4) is 6.07 Å². The molecule has 0 aromatic carbocycles. The number of carbonyl (C=O) groups excluding carboxylic acids is 2. The third-order valence-electron chi connectivity index (χ3n) is 8.98. The molecule has 8 unspecified atom stereocenters. The molecule has 1 saturated heterocycles. The standard InChI is InChI=1S/C26H42N4O3/c1-16(2)22(29(3)4)25(32)33-9-7-18-10-17-6-5-8-26(13-17,14-18)23(28)24(31)30-20(15-27)11-19-12-21(19)30/h16-23H,5-14,28H2,1-4H3. The molecule has 2 bridgehead atoms. The molecule has 0 spiro atoms. The van der Waals surface area contributed by atoms with E-state index in [1.807, 2.05) is 37.7 Å². The molecular weight excluding hydrogens is 416 g/mol. The van der Waals surface area contributed by atoms with E-state index in [0.717, 1.165) is 51.4 Å². The third-order valence-corrected chi connectivity index (χ3v) is 8.98. The van der Waals surface area contributed by atoms with E-state index < -0.39 is 6.04 Å². The van der Waals surface area contributed by atoms with Crippen molar-refractivity contribution in [1.29, 1.82) is 5.26 Å². The fourth-order valence-electron chi connectivity index (χ4n) is 7.47. The third kappa shape index (κ3) is 4.79. The summed E-state index contributed by atoms with van der Waals surface area (Å²) in [5.41, 5.74) is 6.59. The fraction of sp³-hybridized carbons (Fsp3) is 0.885. The molecule has 7 heteroatoms. The normalized spacial score (nSPS) is 36.8. The first kappa shape index (κ1) is 24.5. The van der Waals surface area contributed by atoms with Gasteiger partial charge in [0.25, 0.3) is 0 Å². The van der Waals surface area contributed by atoms with Gasteiger partial charge in [0.2, 0.25) is 5.91 Å². The highest BCUT2D eigenvalue weighted by atomic mass is 16.5. The quantitative estimate of drug-likeness (QED) is 0.562. The van der Waals surface area contributed by atoms with Crippen LogP contribution in [0.15, 0.2) is 0 Å². The minimum absolute atomic E-state index is 0.00466. The minimum atomic E-state index is -0.528. The predicted molar refractivity (Wildman–Crippen MR) is 126 cm³/mol. The molecule has 4 aliphatic rings. The summed E-state index contributed by atoms with van der Waals surface area (Å²) < 4.78 is 5.70. The molecule has 0 aromatic rings. The minimum Gasteiger partial charge on any atom is -0.465 e. The van der Waals surface area contributed by atoms with Crippen LogP contribution in [0.25, 0.3) is 0 Å². The van der Waals surface area contributed by atoms with E-state index in [9.17, 15) is 14.9 Å². The van der Waals surface area contributed by atoms with E-state index in [1.54, 1.807) is 0 Å². The number of nitriles is 1. The van der Waals surface area contributed by atoms with Crippen LogP contribution in [0.2, 0.25) is 0 Å². The van der Waals surface area contributed by atoms with Crippen molar-refractivity contribution >= 4 is 11.9 Å². The number of likely N-dealkylation sites (N-methyl/N-ethyl adjacent to an activating group) is 1. The smallest absolute Gasteiger partial charge is 0.323 e. The van der Waals surface area contributed by atoms with Crippen LogP contribution in [0, 0.1) is 40.4 Å². The highest BCUT2D eigenvalue weighted by molar-refractivity contribution is 5.84. The average Bonchev–Trinajstić information content (AvgIpc) is 3.41. The Morgan fingerprint density at radius 3 is 2.67 bits per heavy atom. The van der Waals surface area contributed by atoms with Crippen LogP contribution in [-0.2, 0) is 14.3 Å². The van der Waals surface area contributed by atoms with Gasteiger partial charge in [-0.3, -0.25) is 14.5 Å². The van der Waals surface area contributed by atoms with Gasteiger partial charge >= 0.3 is 5.97 Å². The molecule has 1 amide bonds. The zero-order valence-electron chi connectivity index (χ0n) is 20.8. The van der Waals surface area contributed by atoms with Crippen LogP contribution in [-0.4, -0.2) is 66.5 Å². The van der Waals surface area contributed by atoms with Crippen molar-refractivity contribution in [3.63, 3.8) is 0 Å². The van der Waals surface area contributed by atoms with Crippen molar-refractivity contribution in [2.75, 3.05) is 20.7 Å². The molecule has 1 heterocycles. The topological polar surface area (TPSA) is 99.7 Å². The van der Waals surface area contributed by atoms with Crippen LogP contribution in [0.1, 0.15) is 71.6 Å². The summed E-state index contributed by atoms with van der Waals surface area (Å²) in [6.07, 6.45) is 9.07. The number of fused-ring (bicyclic) bond motifs is 3. The molecule has 1 aliphatic heterocycles. The molecule has 33 heavy (non-hydrogen) atoms. The number of piperidine rings is 1. The highest BCUT2D eigenvalue weighted by Crippen LogP contribution is 2.55. The monoisotopic (exact) mass is 458 g/mol. The number of hydrogen-bond donors (Lipinski definition) is 1. The number of amides is 1. The van der Waals surface area contributed by atoms with Crippen LogP contribution in [0.5, 0.6) is 0 Å². The van der Waals surface area contributed by atoms with Crippen LogP contribution < -0.4 is 5.73 Å². The van der Waals surface area contributed by atoms with Crippen molar-refractivity contribution in [2.45, 2.75) is 95.8 Å². The zero-order chi connectivity index (χ0) is 23.9. The molecule has 2 N–H and O–H groups in total. The summed E-state index contributed by atoms with van der Waals surface area (Å²) in [6.45, 7) is 4.51. The Morgan fingerprint density at radius 1 is 1.24 bits per heavy atom. The molecule has 4 rings (SSSR count). The number of likely N-dealkylation sites (tertiary alicyclic amines) is 1. The SMILES string of the molecule is CC(C)C(C(=O)OCCC1CC2CCCC(C(N)C(=O)N3C(C#N)CC4CC43)(C2)C1)N(C)C. The molecule has 3 saturated carbocycles. The van der Waals surface area contributed by atoms with Gasteiger partial charge in [-0.05, 0) is 88.1 Å². The molecule has 0 aromatic heterocycles. The summed E-state index contributed by atoms with van der Waals surface area (Å²) in [7, 11) is 3.83. The molecule has 3 aliphatic carbocycles. The van der Waals surface area contributed by atoms with E-state index in [-0.39, 0.29) is 41.3 Å². The Balaban J connectivity index is 1.38. The van der Waals surface area contributed by atoms with Gasteiger partial charge in [-0.2, -0.15) is 5.26 Å². The van der Waals surface area contributed by atoms with Crippen LogP contribution in [0.3, 0.4) is 0 Å². The van der Waals surface area contributed by atoms with Gasteiger partial charge in [0, 0.05) is 6.04 Å². The van der Waals surface area contributed by atoms with E-state index in [4.69, 9.17) is 10.5 Å². The number of nitrogens with two attached hydrogens (primary N) is 1. The van der Waals surface area contributed by atoms with Crippen LogP contribution in [0.4, 0.5) is 0 Å². The van der Waals surface area contributed by atoms with Crippen molar-refractivity contribution < 1.29 is 14.3 Å². The second-order valence-electron chi connectivity index (χ2n) is 11.9. The Hall–Kier alpha value is -1.65. The maximum Gasteiger partial charge on any atom is 0.323 e. The van der Waals surface area contributed by atoms with Crippen molar-refractivity contribution in [1.82, 2.24) is 9.80 Å². The summed E-state index contributed by atoms with van der Waals surface area (Å²) in [5, 5.41) is 9.55. The first-order chi connectivity index (χ1) is 15.7. The maximum absolute atomic E-state index is 13.5. The lowest BCUT2D eigenvalue weighted by Gasteiger charge is -2.51. The second-order valence-corrected chi connectivity index (χ2v) is 11.9. The van der Waals surface area contributed by atoms with Crippen LogP contribution >= 0.6 is 0 Å². The van der Waals surface area contributed by atoms with Gasteiger partial charge in [-0.15, -0.1) is 0 Å². The molecular formula is C26H42N4O3. The predicted octanol–water partition coefficient (Wildman–Crippen LogP) is 2.93. The Morgan fingerprint density at radius 2 is 2.00 bits per heavy atom. The maximum atomic E-state index is 13.5. The van der Waals surface area contributed by atoms with E-state index in [2.05, 4.69) is 6.07 Å². The number of esters is 1. The first-order valence-electron chi connectivity index (χ1n) is 13.0. The van der Waals surface area contributed by atoms with Gasteiger partial charge in [0.05, 0.1) is 18.7 Å². The fourth-order valence-corrected chi connectivity index (χ4v) is 7.47. The molecule has 7 nitrogen and oxygen atoms in total. The largest absolute Gasteiger partial charge is 0.465 e. The van der Waals surface area contributed by atoms with Gasteiger partial charge in [-0.1, -0.05) is 26.7 Å². The van der Waals surface area contributed by atoms with E-state index >= 15 is 0 Å². The van der Waals surface area contributed by atoms with Gasteiger partial charge in [-0.25, -0.2) is 0 Å². The lowest BCUT2D eigenvalue weighted by molar-refractivity contribution is -0.151. The average molecular weight is 459 g/mol. The Labute approximate surface area is 199 Å². The second kappa shape index (κ2) is 9.54. The number of carbonyl (C=O) groups is 2. The van der Waals surface area contributed by atoms with Crippen molar-refractivity contribution in [3.05, 3.63) is 0 Å². The lowest BCUT2D eigenvalue weighted by Crippen LogP contribution is -2.58. The summed E-state index contributed by atoms with van der Waals surface area (Å²) in [6, 6.07) is 1.53. The molecule has 0 radical (unpaired) electrons. The number of ether oxygens (including phenoxy) is 1. The van der Waals surface area contributed by atoms with Gasteiger partial charge in [0.15, 0.2) is 0 Å². The van der Waals surface area contributed by atoms with Crippen molar-refractivity contribution in [2.24, 2.45) is 34.8 Å². The highest BCUT2D eigenvalue weighted by Gasteiger charge is 2.57. The lowest BCUT2D eigenvalue weighted by atomic mass is 9.55. The first-order valence-corrected chi connectivity index (χ1v) is 13.0. The molecule has 184 valence electrons. The van der Waals surface area contributed by atoms with E-state index in [1.165, 1.54) is 6.42 Å². The summed E-state index contributed by atoms with van der Waals surface area (Å²) in [4.78, 5) is 29.9. The van der Waals surface area contributed by atoms with E-state index in [0.29, 0.717) is 24.4 Å².